The van der Waals surface area contributed by atoms with Crippen molar-refractivity contribution in [1.29, 1.82) is 0 Å². The van der Waals surface area contributed by atoms with Gasteiger partial charge in [0.1, 0.15) is 6.10 Å². The number of ether oxygens (including phenoxy) is 1. The molecule has 5 heteroatoms. The molecule has 1 N–H and O–H groups in total. The molecule has 0 unspecified atom stereocenters. The second-order valence-corrected chi connectivity index (χ2v) is 2.68. The number of hydrogen-bond donors (Lipinski definition) is 1. The van der Waals surface area contributed by atoms with Gasteiger partial charge in [-0.25, -0.2) is 0 Å². The van der Waals surface area contributed by atoms with E-state index in [4.69, 9.17) is 0 Å². The summed E-state index contributed by atoms with van der Waals surface area (Å²) in [6, 6.07) is 1.66. The average Bonchev–Trinajstić information content (AvgIpc) is 2.51. The van der Waals surface area contributed by atoms with Crippen molar-refractivity contribution in [1.82, 2.24) is 9.78 Å². The van der Waals surface area contributed by atoms with E-state index in [1.807, 2.05) is 0 Å². The lowest BCUT2D eigenvalue weighted by Gasteiger charge is -2.08. The van der Waals surface area contributed by atoms with Gasteiger partial charge in [0.05, 0.1) is 19.2 Å². The van der Waals surface area contributed by atoms with Gasteiger partial charge in [0.15, 0.2) is 0 Å². The van der Waals surface area contributed by atoms with E-state index in [9.17, 15) is 9.90 Å². The third kappa shape index (κ3) is 2.29. The average molecular weight is 184 g/mol. The Bertz CT molecular complexity index is 295. The highest BCUT2D eigenvalue weighted by Crippen LogP contribution is 2.15. The van der Waals surface area contributed by atoms with Crippen LogP contribution in [0.4, 0.5) is 0 Å². The smallest absolute Gasteiger partial charge is 0.308 e. The molecule has 1 heterocycles. The number of methoxy groups -OCH3 is 1. The third-order valence-electron chi connectivity index (χ3n) is 1.79. The minimum atomic E-state index is -0.847. The van der Waals surface area contributed by atoms with E-state index in [1.54, 1.807) is 19.3 Å². The van der Waals surface area contributed by atoms with Crippen LogP contribution in [0.5, 0.6) is 0 Å². The summed E-state index contributed by atoms with van der Waals surface area (Å²) >= 11 is 0. The van der Waals surface area contributed by atoms with E-state index in [0.717, 1.165) is 0 Å². The molecule has 1 rings (SSSR count). The summed E-state index contributed by atoms with van der Waals surface area (Å²) in [6.07, 6.45) is 0.672. The van der Waals surface area contributed by atoms with Crippen molar-refractivity contribution in [2.24, 2.45) is 7.05 Å². The van der Waals surface area contributed by atoms with E-state index in [1.165, 1.54) is 11.8 Å². The maximum atomic E-state index is 10.8. The van der Waals surface area contributed by atoms with Crippen molar-refractivity contribution in [2.45, 2.75) is 12.5 Å². The highest BCUT2D eigenvalue weighted by atomic mass is 16.5. The molecule has 0 radical (unpaired) electrons. The largest absolute Gasteiger partial charge is 0.469 e. The lowest BCUT2D eigenvalue weighted by Crippen LogP contribution is -2.11. The van der Waals surface area contributed by atoms with Crippen molar-refractivity contribution in [3.8, 4) is 0 Å². The van der Waals surface area contributed by atoms with Gasteiger partial charge in [-0.15, -0.1) is 0 Å². The zero-order chi connectivity index (χ0) is 9.84. The molecule has 1 aromatic heterocycles. The fraction of sp³-hybridized carbons (Fsp3) is 0.500. The Morgan fingerprint density at radius 2 is 2.54 bits per heavy atom. The number of aryl methyl sites for hydroxylation is 1. The number of esters is 1. The van der Waals surface area contributed by atoms with Gasteiger partial charge in [0.2, 0.25) is 0 Å². The number of aromatic nitrogens is 2. The zero-order valence-corrected chi connectivity index (χ0v) is 7.60. The number of nitrogens with zero attached hydrogens (tertiary/aromatic N) is 2. The van der Waals surface area contributed by atoms with E-state index in [-0.39, 0.29) is 6.42 Å². The molecule has 0 fully saturated rings. The first-order valence-electron chi connectivity index (χ1n) is 3.88. The molecular formula is C8H12N2O3. The minimum absolute atomic E-state index is 0.0456. The first-order chi connectivity index (χ1) is 6.15. The van der Waals surface area contributed by atoms with Crippen LogP contribution >= 0.6 is 0 Å². The highest BCUT2D eigenvalue weighted by molar-refractivity contribution is 5.69. The molecule has 0 aliphatic carbocycles. The van der Waals surface area contributed by atoms with E-state index >= 15 is 0 Å². The van der Waals surface area contributed by atoms with Gasteiger partial charge in [-0.05, 0) is 6.07 Å². The maximum absolute atomic E-state index is 10.8. The topological polar surface area (TPSA) is 64.3 Å². The Morgan fingerprint density at radius 3 is 3.00 bits per heavy atom. The molecule has 1 atom stereocenters. The number of rotatable bonds is 3. The Balaban J connectivity index is 2.63. The number of hydrogen-bond acceptors (Lipinski definition) is 4. The van der Waals surface area contributed by atoms with Gasteiger partial charge in [0, 0.05) is 13.2 Å². The van der Waals surface area contributed by atoms with Gasteiger partial charge in [-0.2, -0.15) is 5.10 Å². The maximum Gasteiger partial charge on any atom is 0.308 e. The molecule has 0 saturated heterocycles. The van der Waals surface area contributed by atoms with Crippen LogP contribution in [0.2, 0.25) is 0 Å². The van der Waals surface area contributed by atoms with Crippen molar-refractivity contribution >= 4 is 5.97 Å². The summed E-state index contributed by atoms with van der Waals surface area (Å²) in [7, 11) is 2.99. The Labute approximate surface area is 75.9 Å². The van der Waals surface area contributed by atoms with Gasteiger partial charge in [-0.1, -0.05) is 0 Å². The quantitative estimate of drug-likeness (QED) is 0.672. The molecule has 0 aliphatic rings. The Kier molecular flexibility index (Phi) is 3.02. The lowest BCUT2D eigenvalue weighted by atomic mass is 10.2. The molecule has 1 aromatic rings. The van der Waals surface area contributed by atoms with E-state index in [0.29, 0.717) is 5.69 Å². The third-order valence-corrected chi connectivity index (χ3v) is 1.79. The predicted molar refractivity (Wildman–Crippen MR) is 44.8 cm³/mol. The van der Waals surface area contributed by atoms with Crippen LogP contribution in [-0.4, -0.2) is 28.0 Å². The Hall–Kier alpha value is -1.36. The van der Waals surface area contributed by atoms with Crippen LogP contribution in [0.25, 0.3) is 0 Å². The van der Waals surface area contributed by atoms with Crippen LogP contribution in [0, 0.1) is 0 Å². The van der Waals surface area contributed by atoms with Crippen molar-refractivity contribution in [3.05, 3.63) is 18.0 Å². The molecule has 0 bridgehead atoms. The summed E-state index contributed by atoms with van der Waals surface area (Å²) in [4.78, 5) is 10.8. The second kappa shape index (κ2) is 4.04. The molecule has 5 nitrogen and oxygen atoms in total. The Morgan fingerprint density at radius 1 is 1.85 bits per heavy atom. The number of carbonyl (C=O) groups excluding carboxylic acids is 1. The standard InChI is InChI=1S/C8H12N2O3/c1-10-6(3-4-9-10)7(11)5-8(12)13-2/h3-4,7,11H,5H2,1-2H3/t7-/m0/s1. The fourth-order valence-corrected chi connectivity index (χ4v) is 1.06. The van der Waals surface area contributed by atoms with Crippen molar-refractivity contribution in [3.63, 3.8) is 0 Å². The van der Waals surface area contributed by atoms with Gasteiger partial charge < -0.3 is 9.84 Å². The van der Waals surface area contributed by atoms with Crippen molar-refractivity contribution < 1.29 is 14.6 Å². The lowest BCUT2D eigenvalue weighted by molar-refractivity contribution is -0.143. The summed E-state index contributed by atoms with van der Waals surface area (Å²) in [5, 5.41) is 13.4. The summed E-state index contributed by atoms with van der Waals surface area (Å²) in [5.74, 6) is -0.436. The molecule has 72 valence electrons. The highest BCUT2D eigenvalue weighted by Gasteiger charge is 2.15. The van der Waals surface area contributed by atoms with Crippen molar-refractivity contribution in [2.75, 3.05) is 7.11 Å². The summed E-state index contributed by atoms with van der Waals surface area (Å²) in [5.41, 5.74) is 0.602. The van der Waals surface area contributed by atoms with E-state index in [2.05, 4.69) is 9.84 Å². The summed E-state index contributed by atoms with van der Waals surface area (Å²) < 4.78 is 5.95. The van der Waals surface area contributed by atoms with Crippen LogP contribution in [-0.2, 0) is 16.6 Å². The first kappa shape index (κ1) is 9.73. The van der Waals surface area contributed by atoms with Gasteiger partial charge >= 0.3 is 5.97 Å². The molecule has 0 aromatic carbocycles. The SMILES string of the molecule is COC(=O)C[C@H](O)c1ccnn1C. The fourth-order valence-electron chi connectivity index (χ4n) is 1.06. The molecule has 0 aliphatic heterocycles. The summed E-state index contributed by atoms with van der Waals surface area (Å²) in [6.45, 7) is 0. The molecule has 13 heavy (non-hydrogen) atoms. The normalized spacial score (nSPS) is 12.5. The molecule has 0 amide bonds. The molecule has 0 spiro atoms. The first-order valence-corrected chi connectivity index (χ1v) is 3.88. The van der Waals surface area contributed by atoms with Crippen LogP contribution in [0.3, 0.4) is 0 Å². The molecular weight excluding hydrogens is 172 g/mol. The zero-order valence-electron chi connectivity index (χ0n) is 7.60. The van der Waals surface area contributed by atoms with Crippen LogP contribution < -0.4 is 0 Å². The van der Waals surface area contributed by atoms with Gasteiger partial charge in [-0.3, -0.25) is 9.48 Å². The van der Waals surface area contributed by atoms with Crippen LogP contribution in [0.15, 0.2) is 12.3 Å². The number of aliphatic hydroxyl groups is 1. The predicted octanol–water partition coefficient (Wildman–Crippen LogP) is 0.0166. The monoisotopic (exact) mass is 184 g/mol. The van der Waals surface area contributed by atoms with E-state index < -0.39 is 12.1 Å². The number of aliphatic hydroxyl groups excluding tert-OH is 1. The minimum Gasteiger partial charge on any atom is -0.469 e. The van der Waals surface area contributed by atoms with Crippen LogP contribution in [0.1, 0.15) is 18.2 Å². The number of carbonyl (C=O) groups is 1. The second-order valence-electron chi connectivity index (χ2n) is 2.68. The van der Waals surface area contributed by atoms with Gasteiger partial charge in [0.25, 0.3) is 0 Å². The molecule has 0 saturated carbocycles.